The molecule has 0 N–H and O–H groups in total. The van der Waals surface area contributed by atoms with Crippen LogP contribution in [0.1, 0.15) is 57.8 Å². The molecule has 0 spiro atoms. The molecule has 116 valence electrons. The smallest absolute Gasteiger partial charge is 0.127 e. The van der Waals surface area contributed by atoms with Gasteiger partial charge >= 0.3 is 0 Å². The van der Waals surface area contributed by atoms with Crippen molar-refractivity contribution in [3.8, 4) is 5.75 Å². The summed E-state index contributed by atoms with van der Waals surface area (Å²) in [7, 11) is 1.69. The summed E-state index contributed by atoms with van der Waals surface area (Å²) in [5.41, 5.74) is 2.09. The van der Waals surface area contributed by atoms with Gasteiger partial charge in [-0.3, -0.25) is 0 Å². The number of benzene rings is 1. The molecule has 1 heterocycles. The number of aromatic nitrogens is 2. The van der Waals surface area contributed by atoms with Crippen molar-refractivity contribution in [3.05, 3.63) is 24.0 Å². The molecule has 0 amide bonds. The molecule has 4 heteroatoms. The fourth-order valence-electron chi connectivity index (χ4n) is 2.82. The number of hydrogen-bond donors (Lipinski definition) is 0. The Bertz CT molecular complexity index is 606. The van der Waals surface area contributed by atoms with Crippen LogP contribution in [-0.4, -0.2) is 16.7 Å². The largest absolute Gasteiger partial charge is 0.497 e. The predicted molar refractivity (Wildman–Crippen MR) is 89.3 cm³/mol. The van der Waals surface area contributed by atoms with Crippen molar-refractivity contribution in [2.24, 2.45) is 5.92 Å². The van der Waals surface area contributed by atoms with Gasteiger partial charge in [0.1, 0.15) is 11.6 Å². The minimum Gasteiger partial charge on any atom is -0.497 e. The third kappa shape index (κ3) is 3.34. The van der Waals surface area contributed by atoms with E-state index in [1.807, 2.05) is 19.1 Å². The summed E-state index contributed by atoms with van der Waals surface area (Å²) < 4.78 is 7.63. The van der Waals surface area contributed by atoms with Gasteiger partial charge in [-0.2, -0.15) is 0 Å². The van der Waals surface area contributed by atoms with E-state index >= 15 is 0 Å². The van der Waals surface area contributed by atoms with Crippen LogP contribution < -0.4 is 4.74 Å². The second-order valence-corrected chi connectivity index (χ2v) is 6.56. The van der Waals surface area contributed by atoms with Gasteiger partial charge in [-0.25, -0.2) is 4.98 Å². The SMILES string of the molecule is CCC(C)CC(C)n1c(C(C)Cl)nc2ccc(OC)cc21. The number of alkyl halides is 1. The van der Waals surface area contributed by atoms with Crippen LogP contribution in [0.2, 0.25) is 0 Å². The Morgan fingerprint density at radius 2 is 2.00 bits per heavy atom. The predicted octanol–water partition coefficient (Wildman–Crippen LogP) is 5.34. The van der Waals surface area contributed by atoms with Crippen molar-refractivity contribution in [3.63, 3.8) is 0 Å². The van der Waals surface area contributed by atoms with Crippen LogP contribution in [0.25, 0.3) is 11.0 Å². The Morgan fingerprint density at radius 1 is 1.29 bits per heavy atom. The molecule has 3 nitrogen and oxygen atoms in total. The van der Waals surface area contributed by atoms with Crippen molar-refractivity contribution in [1.82, 2.24) is 9.55 Å². The van der Waals surface area contributed by atoms with Crippen molar-refractivity contribution in [2.75, 3.05) is 7.11 Å². The van der Waals surface area contributed by atoms with E-state index in [0.717, 1.165) is 29.0 Å². The molecule has 0 aliphatic rings. The third-order valence-electron chi connectivity index (χ3n) is 4.16. The molecule has 3 atom stereocenters. The highest BCUT2D eigenvalue weighted by atomic mass is 35.5. The first kappa shape index (κ1) is 16.2. The zero-order chi connectivity index (χ0) is 15.6. The Labute approximate surface area is 132 Å². The summed E-state index contributed by atoms with van der Waals surface area (Å²) in [6.07, 6.45) is 2.31. The summed E-state index contributed by atoms with van der Waals surface area (Å²) in [4.78, 5) is 4.72. The van der Waals surface area contributed by atoms with E-state index in [1.165, 1.54) is 6.42 Å². The first-order valence-corrected chi connectivity index (χ1v) is 8.11. The number of methoxy groups -OCH3 is 1. The highest BCUT2D eigenvalue weighted by molar-refractivity contribution is 6.20. The van der Waals surface area contributed by atoms with E-state index in [4.69, 9.17) is 21.3 Å². The van der Waals surface area contributed by atoms with Gasteiger partial charge in [0.25, 0.3) is 0 Å². The molecule has 0 bridgehead atoms. The first-order valence-electron chi connectivity index (χ1n) is 7.67. The van der Waals surface area contributed by atoms with Crippen LogP contribution >= 0.6 is 11.6 Å². The van der Waals surface area contributed by atoms with Crippen LogP contribution in [0.5, 0.6) is 5.75 Å². The molecule has 21 heavy (non-hydrogen) atoms. The standard InChI is InChI=1S/C17H25ClN2O/c1-6-11(2)9-12(3)20-16-10-14(21-5)7-8-15(16)19-17(20)13(4)18/h7-8,10-13H,6,9H2,1-5H3. The average molecular weight is 309 g/mol. The summed E-state index contributed by atoms with van der Waals surface area (Å²) in [6, 6.07) is 6.37. The number of halogens is 1. The maximum absolute atomic E-state index is 6.35. The van der Waals surface area contributed by atoms with E-state index in [2.05, 4.69) is 31.4 Å². The average Bonchev–Trinajstić information content (AvgIpc) is 2.85. The number of imidazole rings is 1. The number of rotatable bonds is 6. The van der Waals surface area contributed by atoms with Crippen LogP contribution in [0, 0.1) is 5.92 Å². The fourth-order valence-corrected chi connectivity index (χ4v) is 2.97. The highest BCUT2D eigenvalue weighted by Gasteiger charge is 2.20. The van der Waals surface area contributed by atoms with Gasteiger partial charge in [0.05, 0.1) is 23.5 Å². The number of ether oxygens (including phenoxy) is 1. The number of hydrogen-bond acceptors (Lipinski definition) is 2. The van der Waals surface area contributed by atoms with Crippen LogP contribution in [0.4, 0.5) is 0 Å². The Hall–Kier alpha value is -1.22. The van der Waals surface area contributed by atoms with E-state index in [0.29, 0.717) is 12.0 Å². The van der Waals surface area contributed by atoms with E-state index in [9.17, 15) is 0 Å². The highest BCUT2D eigenvalue weighted by Crippen LogP contribution is 2.32. The summed E-state index contributed by atoms with van der Waals surface area (Å²) >= 11 is 6.35. The molecular formula is C17H25ClN2O. The molecule has 3 unspecified atom stereocenters. The molecule has 0 saturated heterocycles. The van der Waals surface area contributed by atoms with Crippen LogP contribution in [0.3, 0.4) is 0 Å². The van der Waals surface area contributed by atoms with Gasteiger partial charge in [-0.1, -0.05) is 20.3 Å². The molecule has 0 aliphatic heterocycles. The molecule has 0 aliphatic carbocycles. The Morgan fingerprint density at radius 3 is 2.57 bits per heavy atom. The quantitative estimate of drug-likeness (QED) is 0.673. The Kier molecular flexibility index (Phi) is 5.15. The first-order chi connectivity index (χ1) is 9.97. The van der Waals surface area contributed by atoms with Crippen LogP contribution in [0.15, 0.2) is 18.2 Å². The van der Waals surface area contributed by atoms with Crippen LogP contribution in [-0.2, 0) is 0 Å². The zero-order valence-corrected chi connectivity index (χ0v) is 14.3. The lowest BCUT2D eigenvalue weighted by Crippen LogP contribution is -2.13. The maximum atomic E-state index is 6.35. The van der Waals surface area contributed by atoms with Gasteiger partial charge in [-0.05, 0) is 38.3 Å². The molecule has 0 fully saturated rings. The minimum absolute atomic E-state index is 0.109. The minimum atomic E-state index is -0.109. The van der Waals surface area contributed by atoms with Gasteiger partial charge < -0.3 is 9.30 Å². The lowest BCUT2D eigenvalue weighted by molar-refractivity contribution is 0.395. The molecule has 0 radical (unpaired) electrons. The maximum Gasteiger partial charge on any atom is 0.127 e. The van der Waals surface area contributed by atoms with E-state index < -0.39 is 0 Å². The molecule has 2 aromatic rings. The van der Waals surface area contributed by atoms with E-state index in [1.54, 1.807) is 7.11 Å². The lowest BCUT2D eigenvalue weighted by Gasteiger charge is -2.21. The number of nitrogens with zero attached hydrogens (tertiary/aromatic N) is 2. The topological polar surface area (TPSA) is 27.1 Å². The Balaban J connectivity index is 2.53. The molecule has 2 rings (SSSR count). The zero-order valence-electron chi connectivity index (χ0n) is 13.6. The third-order valence-corrected chi connectivity index (χ3v) is 4.36. The van der Waals surface area contributed by atoms with Gasteiger partial charge in [-0.15, -0.1) is 11.6 Å². The lowest BCUT2D eigenvalue weighted by atomic mass is 10.00. The van der Waals surface area contributed by atoms with Gasteiger partial charge in [0.2, 0.25) is 0 Å². The summed E-state index contributed by atoms with van der Waals surface area (Å²) in [5.74, 6) is 2.48. The molecular weight excluding hydrogens is 284 g/mol. The molecule has 1 aromatic carbocycles. The summed E-state index contributed by atoms with van der Waals surface area (Å²) in [5, 5.41) is -0.109. The van der Waals surface area contributed by atoms with E-state index in [-0.39, 0.29) is 5.38 Å². The second-order valence-electron chi connectivity index (χ2n) is 5.91. The van der Waals surface area contributed by atoms with Crippen molar-refractivity contribution in [2.45, 2.75) is 52.0 Å². The van der Waals surface area contributed by atoms with Crippen molar-refractivity contribution >= 4 is 22.6 Å². The van der Waals surface area contributed by atoms with Gasteiger partial charge in [0.15, 0.2) is 0 Å². The number of fused-ring (bicyclic) bond motifs is 1. The van der Waals surface area contributed by atoms with Crippen molar-refractivity contribution in [1.29, 1.82) is 0 Å². The second kappa shape index (κ2) is 6.69. The normalized spacial score (nSPS) is 15.9. The van der Waals surface area contributed by atoms with Gasteiger partial charge in [0, 0.05) is 12.1 Å². The fraction of sp³-hybridized carbons (Fsp3) is 0.588. The monoisotopic (exact) mass is 308 g/mol. The molecule has 1 aromatic heterocycles. The summed E-state index contributed by atoms with van der Waals surface area (Å²) in [6.45, 7) is 8.75. The van der Waals surface area contributed by atoms with Crippen molar-refractivity contribution < 1.29 is 4.74 Å². The molecule has 0 saturated carbocycles.